The fourth-order valence-electron chi connectivity index (χ4n) is 2.92. The maximum Gasteiger partial charge on any atom is 0.225 e. The summed E-state index contributed by atoms with van der Waals surface area (Å²) in [6, 6.07) is 6.12. The molecule has 0 bridgehead atoms. The Labute approximate surface area is 141 Å². The van der Waals surface area contributed by atoms with Crippen LogP contribution in [0.3, 0.4) is 0 Å². The molecule has 6 heteroatoms. The number of likely N-dealkylation sites (tertiary alicyclic amines) is 1. The van der Waals surface area contributed by atoms with E-state index < -0.39 is 0 Å². The Morgan fingerprint density at radius 2 is 1.95 bits per heavy atom. The van der Waals surface area contributed by atoms with E-state index in [2.05, 4.69) is 15.5 Å². The number of amides is 1. The van der Waals surface area contributed by atoms with Gasteiger partial charge in [-0.3, -0.25) is 9.69 Å². The van der Waals surface area contributed by atoms with Gasteiger partial charge in [-0.25, -0.2) is 0 Å². The molecule has 1 amide bonds. The van der Waals surface area contributed by atoms with E-state index in [1.807, 2.05) is 18.2 Å². The van der Waals surface area contributed by atoms with E-state index in [0.29, 0.717) is 16.1 Å². The lowest BCUT2D eigenvalue weighted by Crippen LogP contribution is -2.54. The lowest BCUT2D eigenvalue weighted by molar-refractivity contribution is -0.127. The highest BCUT2D eigenvalue weighted by molar-refractivity contribution is 6.42. The molecule has 2 heterocycles. The topological polar surface area (TPSA) is 44.4 Å². The molecule has 4 nitrogen and oxygen atoms in total. The number of hydrogen-bond donors (Lipinski definition) is 2. The fourth-order valence-corrected chi connectivity index (χ4v) is 3.25. The van der Waals surface area contributed by atoms with Gasteiger partial charge in [-0.1, -0.05) is 29.3 Å². The van der Waals surface area contributed by atoms with Crippen molar-refractivity contribution in [3.8, 4) is 0 Å². The van der Waals surface area contributed by atoms with Crippen LogP contribution in [-0.2, 0) is 11.3 Å². The summed E-state index contributed by atoms with van der Waals surface area (Å²) in [5, 5.41) is 7.51. The SMILES string of the molecule is O=C(NC1CCN(Cc2ccc(Cl)c(Cl)c2)CC1)C1CNC1. The van der Waals surface area contributed by atoms with E-state index in [1.54, 1.807) is 0 Å². The molecule has 0 atom stereocenters. The predicted molar refractivity (Wildman–Crippen MR) is 89.3 cm³/mol. The normalized spacial score (nSPS) is 20.6. The van der Waals surface area contributed by atoms with Crippen molar-refractivity contribution in [2.24, 2.45) is 5.92 Å². The summed E-state index contributed by atoms with van der Waals surface area (Å²) < 4.78 is 0. The van der Waals surface area contributed by atoms with Gasteiger partial charge >= 0.3 is 0 Å². The van der Waals surface area contributed by atoms with Crippen molar-refractivity contribution in [2.45, 2.75) is 25.4 Å². The first-order valence-corrected chi connectivity index (χ1v) is 8.55. The van der Waals surface area contributed by atoms with Gasteiger partial charge in [0.05, 0.1) is 16.0 Å². The first kappa shape index (κ1) is 16.1. The fraction of sp³-hybridized carbons (Fsp3) is 0.562. The van der Waals surface area contributed by atoms with Crippen LogP contribution < -0.4 is 10.6 Å². The van der Waals surface area contributed by atoms with Gasteiger partial charge in [0.15, 0.2) is 0 Å². The molecule has 1 aromatic rings. The van der Waals surface area contributed by atoms with Gasteiger partial charge < -0.3 is 10.6 Å². The minimum Gasteiger partial charge on any atom is -0.353 e. The van der Waals surface area contributed by atoms with Gasteiger partial charge in [0.1, 0.15) is 0 Å². The largest absolute Gasteiger partial charge is 0.353 e. The smallest absolute Gasteiger partial charge is 0.225 e. The van der Waals surface area contributed by atoms with Crippen LogP contribution >= 0.6 is 23.2 Å². The third-order valence-electron chi connectivity index (χ3n) is 4.48. The van der Waals surface area contributed by atoms with Crippen LogP contribution in [-0.4, -0.2) is 43.0 Å². The molecule has 0 aliphatic carbocycles. The van der Waals surface area contributed by atoms with Gasteiger partial charge in [-0.05, 0) is 30.5 Å². The number of carbonyl (C=O) groups is 1. The molecule has 2 saturated heterocycles. The van der Waals surface area contributed by atoms with Crippen molar-refractivity contribution in [2.75, 3.05) is 26.2 Å². The Kier molecular flexibility index (Phi) is 5.24. The molecular formula is C16H21Cl2N3O. The molecule has 0 saturated carbocycles. The van der Waals surface area contributed by atoms with Gasteiger partial charge in [-0.2, -0.15) is 0 Å². The van der Waals surface area contributed by atoms with E-state index in [-0.39, 0.29) is 11.8 Å². The van der Waals surface area contributed by atoms with Crippen LogP contribution in [0.4, 0.5) is 0 Å². The molecule has 2 aliphatic rings. The standard InChI is InChI=1S/C16H21Cl2N3O/c17-14-2-1-11(7-15(14)18)10-21-5-3-13(4-6-21)20-16(22)12-8-19-9-12/h1-2,7,12-13,19H,3-6,8-10H2,(H,20,22). The summed E-state index contributed by atoms with van der Waals surface area (Å²) in [5.41, 5.74) is 1.18. The highest BCUT2D eigenvalue weighted by Crippen LogP contribution is 2.24. The molecule has 22 heavy (non-hydrogen) atoms. The number of hydrogen-bond acceptors (Lipinski definition) is 3. The highest BCUT2D eigenvalue weighted by atomic mass is 35.5. The predicted octanol–water partition coefficient (Wildman–Crippen LogP) is 2.29. The van der Waals surface area contributed by atoms with Crippen molar-refractivity contribution in [3.63, 3.8) is 0 Å². The number of benzene rings is 1. The Morgan fingerprint density at radius 3 is 2.55 bits per heavy atom. The van der Waals surface area contributed by atoms with Gasteiger partial charge in [0.2, 0.25) is 5.91 Å². The Bertz CT molecular complexity index is 540. The first-order chi connectivity index (χ1) is 10.6. The van der Waals surface area contributed by atoms with Crippen molar-refractivity contribution in [1.29, 1.82) is 0 Å². The second kappa shape index (κ2) is 7.18. The van der Waals surface area contributed by atoms with Crippen LogP contribution in [0, 0.1) is 5.92 Å². The number of halogens is 2. The number of carbonyl (C=O) groups excluding carboxylic acids is 1. The minimum absolute atomic E-state index is 0.175. The summed E-state index contributed by atoms with van der Waals surface area (Å²) >= 11 is 12.0. The molecule has 0 spiro atoms. The third kappa shape index (κ3) is 3.93. The first-order valence-electron chi connectivity index (χ1n) is 7.79. The number of nitrogens with one attached hydrogen (secondary N) is 2. The third-order valence-corrected chi connectivity index (χ3v) is 5.22. The molecule has 0 radical (unpaired) electrons. The van der Waals surface area contributed by atoms with Crippen molar-refractivity contribution < 1.29 is 4.79 Å². The van der Waals surface area contributed by atoms with Crippen LogP contribution in [0.5, 0.6) is 0 Å². The van der Waals surface area contributed by atoms with Crippen LogP contribution in [0.25, 0.3) is 0 Å². The molecule has 2 N–H and O–H groups in total. The van der Waals surface area contributed by atoms with Crippen molar-refractivity contribution in [1.82, 2.24) is 15.5 Å². The molecule has 2 fully saturated rings. The van der Waals surface area contributed by atoms with Gasteiger partial charge in [0.25, 0.3) is 0 Å². The molecule has 120 valence electrons. The zero-order valence-corrected chi connectivity index (χ0v) is 14.0. The number of nitrogens with zero attached hydrogens (tertiary/aromatic N) is 1. The average Bonchev–Trinajstić information content (AvgIpc) is 2.43. The van der Waals surface area contributed by atoms with Crippen molar-refractivity contribution in [3.05, 3.63) is 33.8 Å². The second-order valence-corrected chi connectivity index (χ2v) is 6.98. The average molecular weight is 342 g/mol. The summed E-state index contributed by atoms with van der Waals surface area (Å²) in [4.78, 5) is 14.3. The van der Waals surface area contributed by atoms with Crippen LogP contribution in [0.15, 0.2) is 18.2 Å². The zero-order chi connectivity index (χ0) is 15.5. The maximum atomic E-state index is 11.9. The lowest BCUT2D eigenvalue weighted by atomic mass is 9.99. The van der Waals surface area contributed by atoms with Crippen LogP contribution in [0.2, 0.25) is 10.0 Å². The second-order valence-electron chi connectivity index (χ2n) is 6.16. The highest BCUT2D eigenvalue weighted by Gasteiger charge is 2.28. The maximum absolute atomic E-state index is 11.9. The summed E-state index contributed by atoms with van der Waals surface area (Å²) in [6.07, 6.45) is 2.01. The Morgan fingerprint density at radius 1 is 1.23 bits per heavy atom. The van der Waals surface area contributed by atoms with E-state index in [9.17, 15) is 4.79 Å². The quantitative estimate of drug-likeness (QED) is 0.883. The van der Waals surface area contributed by atoms with E-state index in [0.717, 1.165) is 45.6 Å². The molecule has 1 aromatic carbocycles. The molecule has 0 aromatic heterocycles. The van der Waals surface area contributed by atoms with Gasteiger partial charge in [0, 0.05) is 38.8 Å². The monoisotopic (exact) mass is 341 g/mol. The molecule has 2 aliphatic heterocycles. The number of piperidine rings is 1. The summed E-state index contributed by atoms with van der Waals surface area (Å²) in [6.45, 7) is 4.51. The summed E-state index contributed by atoms with van der Waals surface area (Å²) in [7, 11) is 0. The van der Waals surface area contributed by atoms with E-state index in [4.69, 9.17) is 23.2 Å². The lowest BCUT2D eigenvalue weighted by Gasteiger charge is -2.34. The van der Waals surface area contributed by atoms with Crippen LogP contribution in [0.1, 0.15) is 18.4 Å². The molecular weight excluding hydrogens is 321 g/mol. The van der Waals surface area contributed by atoms with Crippen molar-refractivity contribution >= 4 is 29.1 Å². The van der Waals surface area contributed by atoms with E-state index in [1.165, 1.54) is 5.56 Å². The molecule has 0 unspecified atom stereocenters. The minimum atomic E-state index is 0.175. The molecule has 3 rings (SSSR count). The Balaban J connectivity index is 1.45. The van der Waals surface area contributed by atoms with Gasteiger partial charge in [-0.15, -0.1) is 0 Å². The summed E-state index contributed by atoms with van der Waals surface area (Å²) in [5.74, 6) is 0.385. The van der Waals surface area contributed by atoms with E-state index >= 15 is 0 Å². The number of rotatable bonds is 4. The Hall–Kier alpha value is -0.810. The zero-order valence-electron chi connectivity index (χ0n) is 12.4.